The van der Waals surface area contributed by atoms with E-state index in [2.05, 4.69) is 44.5 Å². The highest BCUT2D eigenvalue weighted by atomic mass is 16.5. The molecule has 4 aromatic rings. The fourth-order valence-electron chi connectivity index (χ4n) is 5.52. The number of aryl methyl sites for hydroxylation is 1. The molecule has 0 spiro atoms. The van der Waals surface area contributed by atoms with Crippen LogP contribution >= 0.6 is 0 Å². The van der Waals surface area contributed by atoms with Gasteiger partial charge in [-0.1, -0.05) is 25.1 Å². The van der Waals surface area contributed by atoms with E-state index in [1.54, 1.807) is 14.2 Å². The van der Waals surface area contributed by atoms with Gasteiger partial charge in [0.1, 0.15) is 0 Å². The van der Waals surface area contributed by atoms with Gasteiger partial charge in [-0.05, 0) is 83.8 Å². The molecule has 0 aliphatic carbocycles. The molecule has 5 rings (SSSR count). The minimum atomic E-state index is -0.0929. The predicted octanol–water partition coefficient (Wildman–Crippen LogP) is 4.22. The van der Waals surface area contributed by atoms with E-state index in [-0.39, 0.29) is 17.7 Å². The third kappa shape index (κ3) is 6.18. The number of methoxy groups -OCH3 is 2. The normalized spacial score (nSPS) is 16.1. The topological polar surface area (TPSA) is 107 Å². The number of rotatable bonds is 12. The van der Waals surface area contributed by atoms with Crippen LogP contribution in [0.15, 0.2) is 47.3 Å². The minimum absolute atomic E-state index is 0.0805. The largest absolute Gasteiger partial charge is 0.493 e. The maximum atomic E-state index is 13.2. The summed E-state index contributed by atoms with van der Waals surface area (Å²) in [6.45, 7) is 6.70. The second kappa shape index (κ2) is 12.6. The lowest BCUT2D eigenvalue weighted by Gasteiger charge is -2.30. The molecule has 1 aliphatic heterocycles. The number of hydrogen-bond acceptors (Lipinski definition) is 8. The van der Waals surface area contributed by atoms with E-state index in [0.29, 0.717) is 36.7 Å². The molecule has 212 valence electrons. The number of tetrazole rings is 1. The number of pyridine rings is 1. The first-order valence-electron chi connectivity index (χ1n) is 13.9. The van der Waals surface area contributed by atoms with Crippen LogP contribution in [-0.2, 0) is 24.2 Å². The zero-order valence-corrected chi connectivity index (χ0v) is 23.7. The number of nitrogens with one attached hydrogen (secondary N) is 1. The first kappa shape index (κ1) is 27.8. The van der Waals surface area contributed by atoms with Gasteiger partial charge >= 0.3 is 0 Å². The van der Waals surface area contributed by atoms with Crippen LogP contribution in [0.2, 0.25) is 0 Å². The minimum Gasteiger partial charge on any atom is -0.493 e. The maximum absolute atomic E-state index is 13.2. The van der Waals surface area contributed by atoms with E-state index < -0.39 is 0 Å². The Kier molecular flexibility index (Phi) is 8.76. The van der Waals surface area contributed by atoms with Gasteiger partial charge in [0.05, 0.1) is 32.9 Å². The van der Waals surface area contributed by atoms with Gasteiger partial charge in [-0.15, -0.1) is 5.10 Å². The molecule has 0 bridgehead atoms. The van der Waals surface area contributed by atoms with Crippen LogP contribution in [0.5, 0.6) is 11.5 Å². The van der Waals surface area contributed by atoms with Crippen molar-refractivity contribution in [3.63, 3.8) is 0 Å². The van der Waals surface area contributed by atoms with Gasteiger partial charge in [0.25, 0.3) is 5.56 Å². The van der Waals surface area contributed by atoms with Gasteiger partial charge < -0.3 is 19.2 Å². The van der Waals surface area contributed by atoms with Crippen LogP contribution < -0.4 is 15.0 Å². The van der Waals surface area contributed by atoms with Crippen molar-refractivity contribution >= 4 is 10.9 Å². The molecule has 3 heterocycles. The summed E-state index contributed by atoms with van der Waals surface area (Å²) in [4.78, 5) is 18.6. The molecule has 10 nitrogen and oxygen atoms in total. The second-order valence-corrected chi connectivity index (χ2v) is 10.4. The molecular formula is C30H38N6O4. The van der Waals surface area contributed by atoms with Gasteiger partial charge in [0.15, 0.2) is 17.3 Å². The number of hydrogen-bond donors (Lipinski definition) is 1. The average molecular weight is 547 g/mol. The third-order valence-electron chi connectivity index (χ3n) is 7.67. The lowest BCUT2D eigenvalue weighted by atomic mass is 10.1. The highest BCUT2D eigenvalue weighted by Gasteiger charge is 2.27. The molecule has 0 amide bonds. The Balaban J connectivity index is 1.46. The van der Waals surface area contributed by atoms with Gasteiger partial charge in [-0.2, -0.15) is 0 Å². The summed E-state index contributed by atoms with van der Waals surface area (Å²) in [5.74, 6) is 2.18. The molecule has 2 aromatic heterocycles. The van der Waals surface area contributed by atoms with E-state index in [9.17, 15) is 4.79 Å². The molecule has 0 saturated carbocycles. The second-order valence-electron chi connectivity index (χ2n) is 10.4. The highest BCUT2D eigenvalue weighted by Crippen LogP contribution is 2.29. The Morgan fingerprint density at radius 2 is 2.00 bits per heavy atom. The number of benzene rings is 2. The van der Waals surface area contributed by atoms with Crippen molar-refractivity contribution in [2.45, 2.75) is 64.8 Å². The van der Waals surface area contributed by atoms with E-state index >= 15 is 0 Å². The summed E-state index contributed by atoms with van der Waals surface area (Å²) in [6.07, 6.45) is 3.70. The quantitative estimate of drug-likeness (QED) is 0.282. The smallest absolute Gasteiger partial charge is 0.252 e. The van der Waals surface area contributed by atoms with Crippen molar-refractivity contribution in [3.05, 3.63) is 75.3 Å². The molecular weight excluding hydrogens is 508 g/mol. The third-order valence-corrected chi connectivity index (χ3v) is 7.67. The van der Waals surface area contributed by atoms with Crippen LogP contribution in [0, 0.1) is 6.92 Å². The molecule has 40 heavy (non-hydrogen) atoms. The van der Waals surface area contributed by atoms with Gasteiger partial charge in [-0.3, -0.25) is 9.69 Å². The number of aromatic amines is 1. The van der Waals surface area contributed by atoms with Crippen molar-refractivity contribution in [3.8, 4) is 11.5 Å². The SMILES string of the molecule is CC[C@H](c1nnnn1C[C@H]1CCCO1)N(CCc1ccc(OC)c(OC)c1)Cc1cc2ccc(C)cc2[nH]c1=O. The molecule has 0 unspecified atom stereocenters. The molecule has 1 aliphatic rings. The van der Waals surface area contributed by atoms with Crippen molar-refractivity contribution in [2.75, 3.05) is 27.4 Å². The van der Waals surface area contributed by atoms with E-state index in [1.165, 1.54) is 0 Å². The van der Waals surface area contributed by atoms with Crippen LogP contribution in [0.1, 0.15) is 54.7 Å². The Hall–Kier alpha value is -3.76. The molecule has 2 atom stereocenters. The summed E-state index contributed by atoms with van der Waals surface area (Å²) in [5.41, 5.74) is 3.69. The summed E-state index contributed by atoms with van der Waals surface area (Å²) in [5, 5.41) is 13.8. The lowest BCUT2D eigenvalue weighted by molar-refractivity contribution is 0.0893. The van der Waals surface area contributed by atoms with Crippen molar-refractivity contribution < 1.29 is 14.2 Å². The molecule has 0 radical (unpaired) electrons. The number of nitrogens with zero attached hydrogens (tertiary/aromatic N) is 5. The standard InChI is InChI=1S/C30H38N6O4/c1-5-26(29-32-33-34-36(29)19-24-7-6-14-40-24)35(13-12-21-9-11-27(38-3)28(16-21)39-4)18-23-17-22-10-8-20(2)15-25(22)31-30(23)37/h8-11,15-17,24,26H,5-7,12-14,18-19H2,1-4H3,(H,31,37)/t24-,26-/m1/s1. The van der Waals surface area contributed by atoms with Gasteiger partial charge in [0, 0.05) is 30.8 Å². The van der Waals surface area contributed by atoms with Gasteiger partial charge in [0.2, 0.25) is 0 Å². The van der Waals surface area contributed by atoms with Crippen molar-refractivity contribution in [1.82, 2.24) is 30.1 Å². The highest BCUT2D eigenvalue weighted by molar-refractivity contribution is 5.79. The summed E-state index contributed by atoms with van der Waals surface area (Å²) in [6, 6.07) is 14.0. The lowest BCUT2D eigenvalue weighted by Crippen LogP contribution is -2.34. The monoisotopic (exact) mass is 546 g/mol. The molecule has 1 N–H and O–H groups in total. The predicted molar refractivity (Wildman–Crippen MR) is 153 cm³/mol. The maximum Gasteiger partial charge on any atom is 0.252 e. The first-order chi connectivity index (χ1) is 19.5. The van der Waals surface area contributed by atoms with Gasteiger partial charge in [-0.25, -0.2) is 4.68 Å². The summed E-state index contributed by atoms with van der Waals surface area (Å²) >= 11 is 0. The Labute approximate surface area is 234 Å². The van der Waals surface area contributed by atoms with E-state index in [1.807, 2.05) is 41.9 Å². The molecule has 10 heteroatoms. The summed E-state index contributed by atoms with van der Waals surface area (Å²) < 4.78 is 18.7. The number of ether oxygens (including phenoxy) is 3. The van der Waals surface area contributed by atoms with E-state index in [0.717, 1.165) is 60.1 Å². The number of aromatic nitrogens is 5. The summed E-state index contributed by atoms with van der Waals surface area (Å²) in [7, 11) is 3.27. The Bertz CT molecular complexity index is 1490. The fourth-order valence-corrected chi connectivity index (χ4v) is 5.52. The number of fused-ring (bicyclic) bond motifs is 1. The fraction of sp³-hybridized carbons (Fsp3) is 0.467. The van der Waals surface area contributed by atoms with Crippen molar-refractivity contribution in [1.29, 1.82) is 0 Å². The van der Waals surface area contributed by atoms with E-state index in [4.69, 9.17) is 14.2 Å². The zero-order chi connectivity index (χ0) is 28.1. The number of H-pyrrole nitrogens is 1. The average Bonchev–Trinajstić information content (AvgIpc) is 3.65. The first-order valence-corrected chi connectivity index (χ1v) is 13.9. The van der Waals surface area contributed by atoms with Crippen molar-refractivity contribution in [2.24, 2.45) is 0 Å². The Morgan fingerprint density at radius 3 is 2.75 bits per heavy atom. The van der Waals surface area contributed by atoms with Crippen LogP contribution in [0.4, 0.5) is 0 Å². The van der Waals surface area contributed by atoms with Crippen LogP contribution in [0.3, 0.4) is 0 Å². The zero-order valence-electron chi connectivity index (χ0n) is 23.7. The van der Waals surface area contributed by atoms with Crippen LogP contribution in [0.25, 0.3) is 10.9 Å². The molecule has 2 aromatic carbocycles. The molecule has 1 saturated heterocycles. The Morgan fingerprint density at radius 1 is 1.15 bits per heavy atom. The molecule has 1 fully saturated rings. The van der Waals surface area contributed by atoms with Crippen LogP contribution in [-0.4, -0.2) is 63.6 Å².